The molecule has 0 aromatic heterocycles. The second kappa shape index (κ2) is 5.62. The van der Waals surface area contributed by atoms with E-state index in [1.165, 1.54) is 16.7 Å². The van der Waals surface area contributed by atoms with E-state index in [2.05, 4.69) is 59.2 Å². The fourth-order valence-corrected chi connectivity index (χ4v) is 2.76. The third kappa shape index (κ3) is 3.41. The molecule has 2 rings (SSSR count). The zero-order valence-electron chi connectivity index (χ0n) is 14.5. The van der Waals surface area contributed by atoms with E-state index >= 15 is 0 Å². The highest BCUT2D eigenvalue weighted by molar-refractivity contribution is 5.51. The maximum absolute atomic E-state index is 6.03. The summed E-state index contributed by atoms with van der Waals surface area (Å²) in [6.45, 7) is 14.2. The number of hydrogen-bond donors (Lipinski definition) is 1. The van der Waals surface area contributed by atoms with Crippen LogP contribution in [0.25, 0.3) is 0 Å². The monoisotopic (exact) mass is 291 g/mol. The summed E-state index contributed by atoms with van der Waals surface area (Å²) in [4.78, 5) is 5.18. The van der Waals surface area contributed by atoms with Gasteiger partial charge in [0.2, 0.25) is 0 Å². The van der Waals surface area contributed by atoms with Crippen LogP contribution >= 0.6 is 0 Å². The highest BCUT2D eigenvalue weighted by Crippen LogP contribution is 2.43. The second-order valence-electron chi connectivity index (χ2n) is 7.95. The van der Waals surface area contributed by atoms with E-state index in [1.807, 2.05) is 0 Å². The van der Waals surface area contributed by atoms with Crippen molar-refractivity contribution in [1.82, 2.24) is 5.48 Å². The minimum Gasteiger partial charge on any atom is -0.493 e. The summed E-state index contributed by atoms with van der Waals surface area (Å²) in [6.07, 6.45) is 0.929. The molecule has 1 aliphatic rings. The van der Waals surface area contributed by atoms with E-state index < -0.39 is 0 Å². The third-order valence-electron chi connectivity index (χ3n) is 4.08. The van der Waals surface area contributed by atoms with Crippen molar-refractivity contribution in [2.24, 2.45) is 0 Å². The first-order valence-electron chi connectivity index (χ1n) is 7.75. The Labute approximate surface area is 129 Å². The molecule has 0 radical (unpaired) electrons. The zero-order chi connectivity index (χ0) is 15.8. The summed E-state index contributed by atoms with van der Waals surface area (Å²) in [5.41, 5.74) is 7.14. The fraction of sp³-hybridized carbons (Fsp3) is 0.667. The molecule has 1 aliphatic heterocycles. The first-order valence-corrected chi connectivity index (χ1v) is 7.75. The fourth-order valence-electron chi connectivity index (χ4n) is 2.76. The summed E-state index contributed by atoms with van der Waals surface area (Å²) in [6, 6.07) is 4.79. The molecule has 3 nitrogen and oxygen atoms in total. The molecule has 3 heteroatoms. The highest BCUT2D eigenvalue weighted by Gasteiger charge is 2.31. The number of benzene rings is 1. The van der Waals surface area contributed by atoms with Crippen molar-refractivity contribution < 1.29 is 9.57 Å². The average molecular weight is 291 g/mol. The smallest absolute Gasteiger partial charge is 0.127 e. The minimum atomic E-state index is 0.0559. The molecule has 21 heavy (non-hydrogen) atoms. The molecule has 1 unspecified atom stereocenters. The lowest BCUT2D eigenvalue weighted by Gasteiger charge is -2.34. The summed E-state index contributed by atoms with van der Waals surface area (Å²) >= 11 is 0. The van der Waals surface area contributed by atoms with Crippen molar-refractivity contribution >= 4 is 0 Å². The largest absolute Gasteiger partial charge is 0.493 e. The lowest BCUT2D eigenvalue weighted by Crippen LogP contribution is -2.29. The molecule has 0 saturated heterocycles. The summed E-state index contributed by atoms with van der Waals surface area (Å²) in [7, 11) is 1.67. The Kier molecular flexibility index (Phi) is 4.36. The summed E-state index contributed by atoms with van der Waals surface area (Å²) in [5, 5.41) is 0. The predicted molar refractivity (Wildman–Crippen MR) is 86.8 cm³/mol. The molecule has 0 fully saturated rings. The molecular weight excluding hydrogens is 262 g/mol. The first kappa shape index (κ1) is 16.3. The number of fused-ring (bicyclic) bond motifs is 1. The van der Waals surface area contributed by atoms with Crippen molar-refractivity contribution in [1.29, 1.82) is 0 Å². The Morgan fingerprint density at radius 3 is 2.29 bits per heavy atom. The summed E-state index contributed by atoms with van der Waals surface area (Å²) < 4.78 is 6.03. The molecule has 118 valence electrons. The quantitative estimate of drug-likeness (QED) is 0.826. The van der Waals surface area contributed by atoms with E-state index in [-0.39, 0.29) is 16.9 Å². The van der Waals surface area contributed by atoms with Gasteiger partial charge in [0.1, 0.15) is 5.75 Å². The van der Waals surface area contributed by atoms with Crippen molar-refractivity contribution in [3.63, 3.8) is 0 Å². The lowest BCUT2D eigenvalue weighted by molar-refractivity contribution is 0.0459. The predicted octanol–water partition coefficient (Wildman–Crippen LogP) is 4.26. The summed E-state index contributed by atoms with van der Waals surface area (Å²) in [5.74, 6) is 1.04. The first-order chi connectivity index (χ1) is 9.64. The molecule has 0 bridgehead atoms. The molecular formula is C18H29NO2. The van der Waals surface area contributed by atoms with E-state index in [0.29, 0.717) is 0 Å². The Bertz CT molecular complexity index is 509. The second-order valence-corrected chi connectivity index (χ2v) is 7.95. The zero-order valence-corrected chi connectivity index (χ0v) is 14.5. The molecule has 0 aliphatic carbocycles. The van der Waals surface area contributed by atoms with E-state index in [9.17, 15) is 0 Å². The Morgan fingerprint density at radius 2 is 1.76 bits per heavy atom. The van der Waals surface area contributed by atoms with Crippen LogP contribution in [0.5, 0.6) is 5.75 Å². The van der Waals surface area contributed by atoms with Gasteiger partial charge in [0.05, 0.1) is 19.8 Å². The van der Waals surface area contributed by atoms with Gasteiger partial charge in [-0.05, 0) is 22.5 Å². The van der Waals surface area contributed by atoms with Gasteiger partial charge in [-0.3, -0.25) is 0 Å². The van der Waals surface area contributed by atoms with Crippen molar-refractivity contribution in [2.45, 2.75) is 64.8 Å². The van der Waals surface area contributed by atoms with Gasteiger partial charge in [0, 0.05) is 17.5 Å². The van der Waals surface area contributed by atoms with Gasteiger partial charge >= 0.3 is 0 Å². The van der Waals surface area contributed by atoms with Crippen LogP contribution in [0.4, 0.5) is 0 Å². The molecule has 0 spiro atoms. The lowest BCUT2D eigenvalue weighted by atomic mass is 9.77. The highest BCUT2D eigenvalue weighted by atomic mass is 16.6. The van der Waals surface area contributed by atoms with E-state index in [0.717, 1.165) is 18.8 Å². The van der Waals surface area contributed by atoms with Crippen molar-refractivity contribution in [2.75, 3.05) is 13.7 Å². The van der Waals surface area contributed by atoms with Gasteiger partial charge in [-0.2, -0.15) is 5.48 Å². The van der Waals surface area contributed by atoms with Crippen molar-refractivity contribution in [3.05, 3.63) is 28.8 Å². The Hall–Kier alpha value is -1.06. The molecule has 1 aromatic rings. The molecule has 1 aromatic carbocycles. The van der Waals surface area contributed by atoms with Crippen LogP contribution in [0, 0.1) is 0 Å². The molecule has 1 N–H and O–H groups in total. The van der Waals surface area contributed by atoms with Crippen LogP contribution in [0.15, 0.2) is 12.1 Å². The van der Waals surface area contributed by atoms with Crippen LogP contribution < -0.4 is 10.2 Å². The number of nitrogens with one attached hydrogen (secondary N) is 1. The average Bonchev–Trinajstić information content (AvgIpc) is 2.36. The van der Waals surface area contributed by atoms with E-state index in [4.69, 9.17) is 9.57 Å². The van der Waals surface area contributed by atoms with Gasteiger partial charge in [-0.1, -0.05) is 47.6 Å². The molecule has 1 atom stereocenters. The van der Waals surface area contributed by atoms with Gasteiger partial charge in [0.25, 0.3) is 0 Å². The standard InChI is InChI=1S/C18H29NO2/c1-17(2,3)12-10-13-15(19-20-7)8-9-21-16(13)14(11-12)18(4,5)6/h10-11,15,19H,8-9H2,1-7H3. The third-order valence-corrected chi connectivity index (χ3v) is 4.08. The maximum Gasteiger partial charge on any atom is 0.127 e. The van der Waals surface area contributed by atoms with Crippen LogP contribution in [0.3, 0.4) is 0 Å². The van der Waals surface area contributed by atoms with Gasteiger partial charge in [0.15, 0.2) is 0 Å². The van der Waals surface area contributed by atoms with Gasteiger partial charge in [-0.25, -0.2) is 0 Å². The Morgan fingerprint density at radius 1 is 1.10 bits per heavy atom. The van der Waals surface area contributed by atoms with Crippen LogP contribution in [0.2, 0.25) is 0 Å². The number of hydroxylamine groups is 1. The molecule has 0 amide bonds. The van der Waals surface area contributed by atoms with Gasteiger partial charge < -0.3 is 9.57 Å². The van der Waals surface area contributed by atoms with E-state index in [1.54, 1.807) is 7.11 Å². The topological polar surface area (TPSA) is 30.5 Å². The van der Waals surface area contributed by atoms with Crippen molar-refractivity contribution in [3.8, 4) is 5.75 Å². The maximum atomic E-state index is 6.03. The number of hydrogen-bond acceptors (Lipinski definition) is 3. The van der Waals surface area contributed by atoms with Crippen LogP contribution in [-0.2, 0) is 15.7 Å². The van der Waals surface area contributed by atoms with Crippen LogP contribution in [0.1, 0.15) is 70.7 Å². The normalized spacial score (nSPS) is 19.1. The van der Waals surface area contributed by atoms with Gasteiger partial charge in [-0.15, -0.1) is 0 Å². The minimum absolute atomic E-state index is 0.0559. The molecule has 1 heterocycles. The number of ether oxygens (including phenoxy) is 1. The SMILES string of the molecule is CONC1CCOc2c1cc(C(C)(C)C)cc2C(C)(C)C. The molecule has 0 saturated carbocycles. The Balaban J connectivity index is 2.64. The number of rotatable bonds is 2. The van der Waals surface area contributed by atoms with Crippen LogP contribution in [-0.4, -0.2) is 13.7 Å².